The Morgan fingerprint density at radius 1 is 1.35 bits per heavy atom. The Hall–Kier alpha value is -0.693. The predicted octanol–water partition coefficient (Wildman–Crippen LogP) is 2.29. The van der Waals surface area contributed by atoms with Crippen molar-refractivity contribution in [3.8, 4) is 0 Å². The lowest BCUT2D eigenvalue weighted by molar-refractivity contribution is -0.113. The Morgan fingerprint density at radius 2 is 1.90 bits per heavy atom. The summed E-state index contributed by atoms with van der Waals surface area (Å²) in [6.45, 7) is 5.28. The Kier molecular flexibility index (Phi) is 8.96. The zero-order valence-corrected chi connectivity index (χ0v) is 14.2. The summed E-state index contributed by atoms with van der Waals surface area (Å²) in [4.78, 5) is 9.47. The van der Waals surface area contributed by atoms with Crippen LogP contribution in [0.2, 0.25) is 6.04 Å². The number of ether oxygens (including phenoxy) is 1. The van der Waals surface area contributed by atoms with Crippen molar-refractivity contribution in [3.63, 3.8) is 0 Å². The highest BCUT2D eigenvalue weighted by atomic mass is 28.4. The first-order valence-corrected chi connectivity index (χ1v) is 9.07. The monoisotopic (exact) mass is 303 g/mol. The van der Waals surface area contributed by atoms with Gasteiger partial charge >= 0.3 is 8.56 Å². The zero-order valence-electron chi connectivity index (χ0n) is 13.2. The lowest BCUT2D eigenvalue weighted by Gasteiger charge is -2.47. The summed E-state index contributed by atoms with van der Waals surface area (Å²) in [6.07, 6.45) is 6.76. The number of carbonyl (C=O) groups is 1. The van der Waals surface area contributed by atoms with E-state index in [2.05, 4.69) is 19.2 Å². The minimum atomic E-state index is -2.15. The molecular weight excluding hydrogens is 274 g/mol. The second-order valence-electron chi connectivity index (χ2n) is 4.92. The first kappa shape index (κ1) is 19.3. The van der Waals surface area contributed by atoms with E-state index in [1.54, 1.807) is 21.3 Å². The molecule has 1 fully saturated rings. The van der Waals surface area contributed by atoms with Gasteiger partial charge in [0.2, 0.25) is 5.91 Å². The van der Waals surface area contributed by atoms with Crippen LogP contribution in [0.4, 0.5) is 0 Å². The SMILES string of the molecule is C=CC(N)=O.CCCC1(OC)CCCC[Si]1(OC)OC. The van der Waals surface area contributed by atoms with Gasteiger partial charge in [0.05, 0.1) is 0 Å². The predicted molar refractivity (Wildman–Crippen MR) is 82.5 cm³/mol. The highest BCUT2D eigenvalue weighted by Gasteiger charge is 2.58. The molecule has 0 aliphatic carbocycles. The van der Waals surface area contributed by atoms with Gasteiger partial charge in [0.25, 0.3) is 0 Å². The molecule has 5 nitrogen and oxygen atoms in total. The van der Waals surface area contributed by atoms with Gasteiger partial charge in [0.15, 0.2) is 0 Å². The topological polar surface area (TPSA) is 70.8 Å². The van der Waals surface area contributed by atoms with Crippen LogP contribution in [-0.4, -0.2) is 41.0 Å². The van der Waals surface area contributed by atoms with Gasteiger partial charge in [-0.15, -0.1) is 0 Å². The Balaban J connectivity index is 0.000000621. The highest BCUT2D eigenvalue weighted by molar-refractivity contribution is 6.70. The van der Waals surface area contributed by atoms with Gasteiger partial charge < -0.3 is 19.3 Å². The van der Waals surface area contributed by atoms with Gasteiger partial charge in [-0.25, -0.2) is 0 Å². The fraction of sp³-hybridized carbons (Fsp3) is 0.786. The molecule has 2 N–H and O–H groups in total. The molecule has 1 heterocycles. The second-order valence-corrected chi connectivity index (χ2v) is 8.66. The van der Waals surface area contributed by atoms with Crippen molar-refractivity contribution < 1.29 is 18.4 Å². The van der Waals surface area contributed by atoms with Gasteiger partial charge in [-0.05, 0) is 25.0 Å². The summed E-state index contributed by atoms with van der Waals surface area (Å²) < 4.78 is 17.4. The Bertz CT molecular complexity index is 304. The molecule has 118 valence electrons. The van der Waals surface area contributed by atoms with Crippen molar-refractivity contribution in [2.24, 2.45) is 5.73 Å². The van der Waals surface area contributed by atoms with Crippen LogP contribution >= 0.6 is 0 Å². The molecule has 1 unspecified atom stereocenters. The quantitative estimate of drug-likeness (QED) is 0.603. The number of carbonyl (C=O) groups excluding carboxylic acids is 1. The summed E-state index contributed by atoms with van der Waals surface area (Å²) in [7, 11) is 3.22. The molecule has 1 aliphatic heterocycles. The fourth-order valence-electron chi connectivity index (χ4n) is 2.92. The molecule has 0 radical (unpaired) electrons. The largest absolute Gasteiger partial charge is 0.396 e. The molecule has 0 saturated carbocycles. The number of hydrogen-bond donors (Lipinski definition) is 1. The second kappa shape index (κ2) is 9.28. The van der Waals surface area contributed by atoms with Gasteiger partial charge in [-0.1, -0.05) is 32.8 Å². The molecule has 1 aliphatic rings. The number of primary amides is 1. The van der Waals surface area contributed by atoms with E-state index in [1.807, 2.05) is 0 Å². The number of rotatable bonds is 6. The van der Waals surface area contributed by atoms with Crippen LogP contribution in [0.15, 0.2) is 12.7 Å². The van der Waals surface area contributed by atoms with Gasteiger partial charge in [0, 0.05) is 21.3 Å². The molecule has 1 atom stereocenters. The summed E-state index contributed by atoms with van der Waals surface area (Å²) in [5.41, 5.74) is 4.53. The van der Waals surface area contributed by atoms with Crippen LogP contribution in [0.25, 0.3) is 0 Å². The lowest BCUT2D eigenvalue weighted by Crippen LogP contribution is -2.64. The zero-order chi connectivity index (χ0) is 15.6. The van der Waals surface area contributed by atoms with Gasteiger partial charge in [-0.2, -0.15) is 0 Å². The molecule has 6 heteroatoms. The van der Waals surface area contributed by atoms with E-state index in [4.69, 9.17) is 13.6 Å². The van der Waals surface area contributed by atoms with Crippen LogP contribution in [0.5, 0.6) is 0 Å². The number of nitrogens with two attached hydrogens (primary N) is 1. The first-order valence-electron chi connectivity index (χ1n) is 7.04. The van der Waals surface area contributed by atoms with E-state index in [0.29, 0.717) is 0 Å². The molecule has 0 aromatic carbocycles. The summed E-state index contributed by atoms with van der Waals surface area (Å²) in [6, 6.07) is 1.06. The third-order valence-corrected chi connectivity index (χ3v) is 8.36. The Labute approximate surface area is 123 Å². The summed E-state index contributed by atoms with van der Waals surface area (Å²) >= 11 is 0. The summed E-state index contributed by atoms with van der Waals surface area (Å²) in [5, 5.41) is -0.122. The maximum atomic E-state index is 9.47. The van der Waals surface area contributed by atoms with Crippen LogP contribution in [0, 0.1) is 0 Å². The first-order chi connectivity index (χ1) is 9.47. The molecular formula is C14H29NO4Si. The van der Waals surface area contributed by atoms with Crippen LogP contribution < -0.4 is 5.73 Å². The minimum absolute atomic E-state index is 0.122. The van der Waals surface area contributed by atoms with Crippen LogP contribution in [0.1, 0.15) is 39.0 Å². The van der Waals surface area contributed by atoms with E-state index in [1.165, 1.54) is 12.8 Å². The molecule has 1 saturated heterocycles. The van der Waals surface area contributed by atoms with E-state index in [0.717, 1.165) is 31.4 Å². The number of methoxy groups -OCH3 is 1. The van der Waals surface area contributed by atoms with Crippen LogP contribution in [0.3, 0.4) is 0 Å². The van der Waals surface area contributed by atoms with E-state index >= 15 is 0 Å². The van der Waals surface area contributed by atoms with Crippen molar-refractivity contribution in [1.29, 1.82) is 0 Å². The molecule has 0 spiro atoms. The van der Waals surface area contributed by atoms with Crippen molar-refractivity contribution >= 4 is 14.5 Å². The molecule has 1 amide bonds. The molecule has 20 heavy (non-hydrogen) atoms. The van der Waals surface area contributed by atoms with E-state index < -0.39 is 14.5 Å². The van der Waals surface area contributed by atoms with Crippen molar-refractivity contribution in [2.45, 2.75) is 50.3 Å². The molecule has 0 bridgehead atoms. The van der Waals surface area contributed by atoms with E-state index in [-0.39, 0.29) is 5.22 Å². The molecule has 0 aromatic heterocycles. The lowest BCUT2D eigenvalue weighted by atomic mass is 10.1. The Morgan fingerprint density at radius 3 is 2.25 bits per heavy atom. The van der Waals surface area contributed by atoms with Crippen LogP contribution in [-0.2, 0) is 18.4 Å². The highest BCUT2D eigenvalue weighted by Crippen LogP contribution is 2.42. The third-order valence-electron chi connectivity index (χ3n) is 3.94. The van der Waals surface area contributed by atoms with Crippen molar-refractivity contribution in [3.05, 3.63) is 12.7 Å². The smallest absolute Gasteiger partial charge is 0.370 e. The normalized spacial score (nSPS) is 24.4. The van der Waals surface area contributed by atoms with Gasteiger partial charge in [-0.3, -0.25) is 4.79 Å². The van der Waals surface area contributed by atoms with Gasteiger partial charge in [0.1, 0.15) is 5.22 Å². The maximum Gasteiger partial charge on any atom is 0.370 e. The standard InChI is InChI=1S/C11H24O3Si.C3H5NO/c1-5-8-11(12-2)9-6-7-10-15(11,13-3)14-4;1-2-3(4)5/h5-10H2,1-4H3;2H,1H2,(H2,4,5). The molecule has 1 rings (SSSR count). The average molecular weight is 303 g/mol. The van der Waals surface area contributed by atoms with Crippen molar-refractivity contribution in [1.82, 2.24) is 0 Å². The van der Waals surface area contributed by atoms with E-state index in [9.17, 15) is 4.79 Å². The van der Waals surface area contributed by atoms with Crippen molar-refractivity contribution in [2.75, 3.05) is 21.3 Å². The maximum absolute atomic E-state index is 9.47. The number of amides is 1. The third kappa shape index (κ3) is 4.41. The molecule has 0 aromatic rings. The minimum Gasteiger partial charge on any atom is -0.396 e. The number of hydrogen-bond acceptors (Lipinski definition) is 4. The fourth-order valence-corrected chi connectivity index (χ4v) is 6.91. The summed E-state index contributed by atoms with van der Waals surface area (Å²) in [5.74, 6) is -0.481. The average Bonchev–Trinajstić information content (AvgIpc) is 2.48.